The molecule has 0 radical (unpaired) electrons. The number of carboxylic acid groups (broad SMARTS) is 2. The SMILES string of the molecule is Cc1ccc(N(c2ccc(CC(=O)O)cc2)c2ccc(-c3ccc(N(c4ccc(C)cc4)c4ccc(CC(=O)O)cc4)cc3)cc2)cc1. The number of rotatable bonds is 11. The highest BCUT2D eigenvalue weighted by molar-refractivity contribution is 5.81. The maximum atomic E-state index is 11.2. The fourth-order valence-electron chi connectivity index (χ4n) is 5.76. The molecule has 2 N–H and O–H groups in total. The van der Waals surface area contributed by atoms with Crippen LogP contribution in [0.4, 0.5) is 34.1 Å². The van der Waals surface area contributed by atoms with Gasteiger partial charge in [0.25, 0.3) is 0 Å². The van der Waals surface area contributed by atoms with E-state index in [0.717, 1.165) is 56.4 Å². The highest BCUT2D eigenvalue weighted by atomic mass is 16.4. The Labute approximate surface area is 280 Å². The quantitative estimate of drug-likeness (QED) is 0.148. The Bertz CT molecular complexity index is 1850. The van der Waals surface area contributed by atoms with E-state index in [1.54, 1.807) is 0 Å². The summed E-state index contributed by atoms with van der Waals surface area (Å²) >= 11 is 0. The topological polar surface area (TPSA) is 81.1 Å². The number of aryl methyl sites for hydroxylation is 2. The van der Waals surface area contributed by atoms with Crippen LogP contribution in [0.15, 0.2) is 146 Å². The lowest BCUT2D eigenvalue weighted by atomic mass is 10.0. The summed E-state index contributed by atoms with van der Waals surface area (Å²) in [7, 11) is 0. The van der Waals surface area contributed by atoms with Gasteiger partial charge in [-0.05, 0) is 109 Å². The Hall–Kier alpha value is -6.14. The van der Waals surface area contributed by atoms with Gasteiger partial charge >= 0.3 is 11.9 Å². The van der Waals surface area contributed by atoms with Crippen molar-refractivity contribution in [3.05, 3.63) is 168 Å². The van der Waals surface area contributed by atoms with Gasteiger partial charge in [0, 0.05) is 34.1 Å². The minimum absolute atomic E-state index is 0.0137. The van der Waals surface area contributed by atoms with E-state index < -0.39 is 11.9 Å². The molecule has 0 saturated carbocycles. The van der Waals surface area contributed by atoms with Crippen molar-refractivity contribution < 1.29 is 19.8 Å². The van der Waals surface area contributed by atoms with Crippen molar-refractivity contribution in [3.8, 4) is 11.1 Å². The summed E-state index contributed by atoms with van der Waals surface area (Å²) in [5, 5.41) is 18.4. The van der Waals surface area contributed by atoms with Crippen molar-refractivity contribution in [3.63, 3.8) is 0 Å². The highest BCUT2D eigenvalue weighted by Gasteiger charge is 2.15. The second kappa shape index (κ2) is 14.1. The molecular weight excluding hydrogens is 596 g/mol. The number of carboxylic acids is 2. The first-order valence-corrected chi connectivity index (χ1v) is 15.8. The van der Waals surface area contributed by atoms with Gasteiger partial charge in [-0.2, -0.15) is 0 Å². The van der Waals surface area contributed by atoms with Crippen molar-refractivity contribution in [2.75, 3.05) is 9.80 Å². The first-order valence-electron chi connectivity index (χ1n) is 15.8. The molecule has 0 spiro atoms. The molecule has 238 valence electrons. The lowest BCUT2D eigenvalue weighted by molar-refractivity contribution is -0.137. The van der Waals surface area contributed by atoms with E-state index in [-0.39, 0.29) is 12.8 Å². The van der Waals surface area contributed by atoms with Gasteiger partial charge in [0.1, 0.15) is 0 Å². The number of aliphatic carboxylic acids is 2. The minimum Gasteiger partial charge on any atom is -0.481 e. The number of nitrogens with zero attached hydrogens (tertiary/aromatic N) is 2. The smallest absolute Gasteiger partial charge is 0.307 e. The maximum absolute atomic E-state index is 11.2. The molecule has 48 heavy (non-hydrogen) atoms. The summed E-state index contributed by atoms with van der Waals surface area (Å²) in [6.07, 6.45) is -0.0275. The highest BCUT2D eigenvalue weighted by Crippen LogP contribution is 2.38. The van der Waals surface area contributed by atoms with Crippen LogP contribution in [-0.2, 0) is 22.4 Å². The van der Waals surface area contributed by atoms with Gasteiger partial charge < -0.3 is 20.0 Å². The van der Waals surface area contributed by atoms with E-state index in [4.69, 9.17) is 0 Å². The minimum atomic E-state index is -0.851. The van der Waals surface area contributed by atoms with Gasteiger partial charge in [-0.25, -0.2) is 0 Å². The third kappa shape index (κ3) is 7.45. The van der Waals surface area contributed by atoms with E-state index in [1.165, 1.54) is 11.1 Å². The largest absolute Gasteiger partial charge is 0.481 e. The summed E-state index contributed by atoms with van der Waals surface area (Å²) < 4.78 is 0. The van der Waals surface area contributed by atoms with Crippen molar-refractivity contribution >= 4 is 46.1 Å². The van der Waals surface area contributed by atoms with E-state index >= 15 is 0 Å². The molecule has 6 heteroatoms. The third-order valence-corrected chi connectivity index (χ3v) is 8.27. The molecular formula is C42H36N2O4. The van der Waals surface area contributed by atoms with Crippen molar-refractivity contribution in [1.82, 2.24) is 0 Å². The Kier molecular flexibility index (Phi) is 9.35. The maximum Gasteiger partial charge on any atom is 0.307 e. The van der Waals surface area contributed by atoms with Gasteiger partial charge in [-0.3, -0.25) is 9.59 Å². The molecule has 0 aromatic heterocycles. The average Bonchev–Trinajstić information content (AvgIpc) is 3.08. The first-order chi connectivity index (χ1) is 23.2. The van der Waals surface area contributed by atoms with Crippen LogP contribution in [0.5, 0.6) is 0 Å². The number of carbonyl (C=O) groups is 2. The van der Waals surface area contributed by atoms with Crippen LogP contribution in [0.3, 0.4) is 0 Å². The second-order valence-corrected chi connectivity index (χ2v) is 11.9. The molecule has 0 fully saturated rings. The van der Waals surface area contributed by atoms with Crippen LogP contribution in [0.2, 0.25) is 0 Å². The monoisotopic (exact) mass is 632 g/mol. The van der Waals surface area contributed by atoms with Crippen LogP contribution < -0.4 is 9.80 Å². The van der Waals surface area contributed by atoms with Gasteiger partial charge in [0.15, 0.2) is 0 Å². The van der Waals surface area contributed by atoms with Crippen LogP contribution in [-0.4, -0.2) is 22.2 Å². The standard InChI is InChI=1S/C42H36N2O4/c1-29-3-15-35(16-4-29)43(37-19-7-31(8-20-37)27-41(45)46)39-23-11-33(12-24-39)34-13-25-40(26-14-34)44(36-17-5-30(2)6-18-36)38-21-9-32(10-22-38)28-42(47)48/h3-26H,27-28H2,1-2H3,(H,45,46)(H,47,48). The zero-order valence-corrected chi connectivity index (χ0v) is 26.9. The second-order valence-electron chi connectivity index (χ2n) is 11.9. The zero-order valence-electron chi connectivity index (χ0n) is 26.9. The summed E-state index contributed by atoms with van der Waals surface area (Å²) in [5.74, 6) is -1.70. The fraction of sp³-hybridized carbons (Fsp3) is 0.0952. The number of hydrogen-bond acceptors (Lipinski definition) is 4. The number of anilines is 6. The van der Waals surface area contributed by atoms with Gasteiger partial charge in [-0.1, -0.05) is 83.9 Å². The number of hydrogen-bond donors (Lipinski definition) is 2. The molecule has 0 aliphatic heterocycles. The molecule has 6 aromatic carbocycles. The molecule has 6 nitrogen and oxygen atoms in total. The summed E-state index contributed by atoms with van der Waals surface area (Å²) in [5.41, 5.74) is 11.9. The molecule has 0 unspecified atom stereocenters. The van der Waals surface area contributed by atoms with Crippen molar-refractivity contribution in [2.24, 2.45) is 0 Å². The molecule has 6 rings (SSSR count). The van der Waals surface area contributed by atoms with Crippen LogP contribution in [0, 0.1) is 13.8 Å². The molecule has 0 atom stereocenters. The summed E-state index contributed by atoms with van der Waals surface area (Å²) in [4.78, 5) is 26.8. The van der Waals surface area contributed by atoms with Crippen LogP contribution >= 0.6 is 0 Å². The van der Waals surface area contributed by atoms with Crippen LogP contribution in [0.1, 0.15) is 22.3 Å². The third-order valence-electron chi connectivity index (χ3n) is 8.27. The predicted octanol–water partition coefficient (Wildman–Crippen LogP) is 10.2. The van der Waals surface area contributed by atoms with E-state index in [2.05, 4.69) is 121 Å². The lowest BCUT2D eigenvalue weighted by Crippen LogP contribution is -2.10. The van der Waals surface area contributed by atoms with Gasteiger partial charge in [-0.15, -0.1) is 0 Å². The summed E-state index contributed by atoms with van der Waals surface area (Å²) in [6, 6.07) is 48.9. The molecule has 0 saturated heterocycles. The van der Waals surface area contributed by atoms with E-state index in [1.807, 2.05) is 48.5 Å². The molecule has 0 aliphatic carbocycles. The predicted molar refractivity (Wildman–Crippen MR) is 193 cm³/mol. The molecule has 6 aromatic rings. The van der Waals surface area contributed by atoms with E-state index in [0.29, 0.717) is 0 Å². The lowest BCUT2D eigenvalue weighted by Gasteiger charge is -2.26. The molecule has 0 amide bonds. The first kappa shape index (κ1) is 31.8. The molecule has 0 bridgehead atoms. The Balaban J connectivity index is 1.29. The number of benzene rings is 6. The van der Waals surface area contributed by atoms with Crippen LogP contribution in [0.25, 0.3) is 11.1 Å². The average molecular weight is 633 g/mol. The zero-order chi connectivity index (χ0) is 33.6. The van der Waals surface area contributed by atoms with E-state index in [9.17, 15) is 19.8 Å². The molecule has 0 aliphatic rings. The van der Waals surface area contributed by atoms with Crippen molar-refractivity contribution in [1.29, 1.82) is 0 Å². The normalized spacial score (nSPS) is 10.8. The van der Waals surface area contributed by atoms with Gasteiger partial charge in [0.05, 0.1) is 12.8 Å². The Morgan fingerprint density at radius 2 is 0.625 bits per heavy atom. The van der Waals surface area contributed by atoms with Crippen molar-refractivity contribution in [2.45, 2.75) is 26.7 Å². The molecule has 0 heterocycles. The Morgan fingerprint density at radius 3 is 0.875 bits per heavy atom. The Morgan fingerprint density at radius 1 is 0.396 bits per heavy atom. The summed E-state index contributed by atoms with van der Waals surface area (Å²) in [6.45, 7) is 4.12. The fourth-order valence-corrected chi connectivity index (χ4v) is 5.76. The van der Waals surface area contributed by atoms with Gasteiger partial charge in [0.2, 0.25) is 0 Å².